The first kappa shape index (κ1) is 17.6. The van der Waals surface area contributed by atoms with Crippen LogP contribution in [0, 0.1) is 18.7 Å². The molecular weight excluding hydrogens is 295 g/mol. The molecule has 0 aliphatic carbocycles. The molecule has 0 spiro atoms. The second-order valence-electron chi connectivity index (χ2n) is 7.28. The molecule has 1 aliphatic rings. The summed E-state index contributed by atoms with van der Waals surface area (Å²) in [5, 5.41) is 3.34. The van der Waals surface area contributed by atoms with Crippen molar-refractivity contribution < 1.29 is 13.9 Å². The summed E-state index contributed by atoms with van der Waals surface area (Å²) in [4.78, 5) is 13.9. The number of carbonyl (C=O) groups is 1. The topological polar surface area (TPSA) is 41.6 Å². The molecule has 5 heteroatoms. The number of likely N-dealkylation sites (tertiary alicyclic amines) is 1. The number of hydrogen-bond acceptors (Lipinski definition) is 3. The zero-order valence-corrected chi connectivity index (χ0v) is 14.5. The Hall–Kier alpha value is -1.78. The molecule has 1 unspecified atom stereocenters. The highest BCUT2D eigenvalue weighted by atomic mass is 19.1. The average Bonchev–Trinajstić information content (AvgIpc) is 2.47. The Labute approximate surface area is 138 Å². The quantitative estimate of drug-likeness (QED) is 0.907. The maximum Gasteiger partial charge on any atom is 0.410 e. The highest BCUT2D eigenvalue weighted by Gasteiger charge is 2.27. The van der Waals surface area contributed by atoms with Gasteiger partial charge in [0.25, 0.3) is 0 Å². The molecule has 0 aromatic heterocycles. The van der Waals surface area contributed by atoms with Gasteiger partial charge in [0.1, 0.15) is 11.4 Å². The monoisotopic (exact) mass is 322 g/mol. The lowest BCUT2D eigenvalue weighted by Gasteiger charge is -2.34. The van der Waals surface area contributed by atoms with Gasteiger partial charge in [-0.15, -0.1) is 0 Å². The minimum atomic E-state index is -0.464. The van der Waals surface area contributed by atoms with Crippen LogP contribution in [-0.2, 0) is 4.74 Å². The summed E-state index contributed by atoms with van der Waals surface area (Å²) in [7, 11) is 0. The van der Waals surface area contributed by atoms with Gasteiger partial charge in [-0.3, -0.25) is 0 Å². The molecule has 1 aromatic carbocycles. The van der Waals surface area contributed by atoms with Crippen LogP contribution in [0.15, 0.2) is 18.2 Å². The summed E-state index contributed by atoms with van der Waals surface area (Å²) in [5.74, 6) is 0.186. The van der Waals surface area contributed by atoms with E-state index in [1.807, 2.05) is 26.8 Å². The predicted molar refractivity (Wildman–Crippen MR) is 90.2 cm³/mol. The van der Waals surface area contributed by atoms with Crippen LogP contribution in [0.25, 0.3) is 0 Å². The van der Waals surface area contributed by atoms with Crippen LogP contribution >= 0.6 is 0 Å². The van der Waals surface area contributed by atoms with E-state index in [9.17, 15) is 9.18 Å². The maximum absolute atomic E-state index is 13.3. The van der Waals surface area contributed by atoms with Crippen molar-refractivity contribution in [1.82, 2.24) is 4.90 Å². The molecule has 23 heavy (non-hydrogen) atoms. The highest BCUT2D eigenvalue weighted by molar-refractivity contribution is 5.68. The van der Waals surface area contributed by atoms with Crippen LogP contribution in [0.4, 0.5) is 14.9 Å². The average molecular weight is 322 g/mol. The number of carbonyl (C=O) groups excluding carboxylic acids is 1. The van der Waals surface area contributed by atoms with E-state index in [1.54, 1.807) is 17.9 Å². The molecule has 1 N–H and O–H groups in total. The molecule has 0 saturated carbocycles. The van der Waals surface area contributed by atoms with Gasteiger partial charge in [0, 0.05) is 25.3 Å². The van der Waals surface area contributed by atoms with Gasteiger partial charge in [0.2, 0.25) is 0 Å². The lowest BCUT2D eigenvalue weighted by atomic mass is 9.98. The first-order valence-electron chi connectivity index (χ1n) is 8.22. The molecule has 1 atom stereocenters. The largest absolute Gasteiger partial charge is 0.444 e. The van der Waals surface area contributed by atoms with Gasteiger partial charge in [-0.25, -0.2) is 9.18 Å². The summed E-state index contributed by atoms with van der Waals surface area (Å²) in [6, 6.07) is 5.03. The van der Waals surface area contributed by atoms with Crippen molar-refractivity contribution in [2.75, 3.05) is 25.0 Å². The molecule has 0 radical (unpaired) electrons. The van der Waals surface area contributed by atoms with E-state index in [2.05, 4.69) is 5.32 Å². The fourth-order valence-corrected chi connectivity index (χ4v) is 2.74. The van der Waals surface area contributed by atoms with Crippen LogP contribution in [0.1, 0.15) is 39.2 Å². The minimum Gasteiger partial charge on any atom is -0.444 e. The second-order valence-corrected chi connectivity index (χ2v) is 7.28. The first-order valence-corrected chi connectivity index (χ1v) is 8.22. The van der Waals surface area contributed by atoms with Gasteiger partial charge in [-0.05, 0) is 70.2 Å². The number of amides is 1. The molecule has 1 aromatic rings. The standard InChI is InChI=1S/C18H27FN2O2/c1-13-10-15(7-8-16(13)19)20-11-14-6-5-9-21(12-14)17(22)23-18(2,3)4/h7-8,10,14,20H,5-6,9,11-12H2,1-4H3. The van der Waals surface area contributed by atoms with Crippen molar-refractivity contribution in [2.45, 2.75) is 46.1 Å². The molecule has 1 saturated heterocycles. The smallest absolute Gasteiger partial charge is 0.410 e. The number of benzene rings is 1. The molecule has 1 amide bonds. The van der Waals surface area contributed by atoms with E-state index in [-0.39, 0.29) is 11.9 Å². The highest BCUT2D eigenvalue weighted by Crippen LogP contribution is 2.21. The fraction of sp³-hybridized carbons (Fsp3) is 0.611. The van der Waals surface area contributed by atoms with E-state index in [4.69, 9.17) is 4.74 Å². The number of halogens is 1. The Morgan fingerprint density at radius 3 is 2.83 bits per heavy atom. The lowest BCUT2D eigenvalue weighted by Crippen LogP contribution is -2.44. The van der Waals surface area contributed by atoms with Gasteiger partial charge < -0.3 is 15.0 Å². The summed E-state index contributed by atoms with van der Waals surface area (Å²) in [6.45, 7) is 9.61. The summed E-state index contributed by atoms with van der Waals surface area (Å²) in [6.07, 6.45) is 1.82. The van der Waals surface area contributed by atoms with Gasteiger partial charge in [0.15, 0.2) is 0 Å². The third kappa shape index (κ3) is 5.41. The van der Waals surface area contributed by atoms with Crippen LogP contribution in [0.3, 0.4) is 0 Å². The van der Waals surface area contributed by atoms with E-state index >= 15 is 0 Å². The zero-order chi connectivity index (χ0) is 17.0. The Kier molecular flexibility index (Phi) is 5.50. The van der Waals surface area contributed by atoms with E-state index in [0.29, 0.717) is 18.0 Å². The normalized spacial score (nSPS) is 18.7. The van der Waals surface area contributed by atoms with E-state index in [1.165, 1.54) is 6.07 Å². The van der Waals surface area contributed by atoms with Crippen molar-refractivity contribution in [3.8, 4) is 0 Å². The van der Waals surface area contributed by atoms with Gasteiger partial charge >= 0.3 is 6.09 Å². The SMILES string of the molecule is Cc1cc(NCC2CCCN(C(=O)OC(C)(C)C)C2)ccc1F. The number of ether oxygens (including phenoxy) is 1. The summed E-state index contributed by atoms with van der Waals surface area (Å²) < 4.78 is 18.7. The van der Waals surface area contributed by atoms with Crippen LogP contribution in [0.2, 0.25) is 0 Å². The second kappa shape index (κ2) is 7.20. The molecule has 4 nitrogen and oxygen atoms in total. The molecule has 128 valence electrons. The first-order chi connectivity index (χ1) is 10.7. The van der Waals surface area contributed by atoms with Crippen molar-refractivity contribution in [2.24, 2.45) is 5.92 Å². The van der Waals surface area contributed by atoms with Crippen molar-refractivity contribution >= 4 is 11.8 Å². The number of nitrogens with zero attached hydrogens (tertiary/aromatic N) is 1. The Morgan fingerprint density at radius 2 is 2.17 bits per heavy atom. The van der Waals surface area contributed by atoms with E-state index < -0.39 is 5.60 Å². The summed E-state index contributed by atoms with van der Waals surface area (Å²) >= 11 is 0. The van der Waals surface area contributed by atoms with Gasteiger partial charge in [0.05, 0.1) is 0 Å². The number of hydrogen-bond donors (Lipinski definition) is 1. The van der Waals surface area contributed by atoms with Gasteiger partial charge in [-0.2, -0.15) is 0 Å². The number of nitrogens with one attached hydrogen (secondary N) is 1. The number of aryl methyl sites for hydroxylation is 1. The molecular formula is C18H27FN2O2. The molecule has 1 fully saturated rings. The number of piperidine rings is 1. The molecule has 1 aliphatic heterocycles. The van der Waals surface area contributed by atoms with Crippen molar-refractivity contribution in [3.05, 3.63) is 29.6 Å². The van der Waals surface area contributed by atoms with Crippen LogP contribution in [0.5, 0.6) is 0 Å². The minimum absolute atomic E-state index is 0.190. The fourth-order valence-electron chi connectivity index (χ4n) is 2.74. The number of anilines is 1. The molecule has 2 rings (SSSR count). The Morgan fingerprint density at radius 1 is 1.43 bits per heavy atom. The molecule has 1 heterocycles. The van der Waals surface area contributed by atoms with E-state index in [0.717, 1.165) is 31.6 Å². The zero-order valence-electron chi connectivity index (χ0n) is 14.5. The van der Waals surface area contributed by atoms with Crippen LogP contribution in [-0.4, -0.2) is 36.2 Å². The lowest BCUT2D eigenvalue weighted by molar-refractivity contribution is 0.0172. The third-order valence-corrected chi connectivity index (χ3v) is 3.92. The third-order valence-electron chi connectivity index (χ3n) is 3.92. The Balaban J connectivity index is 1.86. The maximum atomic E-state index is 13.3. The summed E-state index contributed by atoms with van der Waals surface area (Å²) in [5.41, 5.74) is 1.08. The van der Waals surface area contributed by atoms with Crippen LogP contribution < -0.4 is 5.32 Å². The number of rotatable bonds is 3. The van der Waals surface area contributed by atoms with Crippen molar-refractivity contribution in [3.63, 3.8) is 0 Å². The predicted octanol–water partition coefficient (Wildman–Crippen LogP) is 4.19. The Bertz CT molecular complexity index is 554. The van der Waals surface area contributed by atoms with Gasteiger partial charge in [-0.1, -0.05) is 0 Å². The van der Waals surface area contributed by atoms with Crippen molar-refractivity contribution in [1.29, 1.82) is 0 Å². The molecule has 0 bridgehead atoms.